The van der Waals surface area contributed by atoms with Crippen molar-refractivity contribution in [2.75, 3.05) is 18.6 Å². The summed E-state index contributed by atoms with van der Waals surface area (Å²) in [7, 11) is 1.48. The lowest BCUT2D eigenvalue weighted by Crippen LogP contribution is -2.47. The molecular formula is C17H21ClN2O5. The topological polar surface area (TPSA) is 95.9 Å². The summed E-state index contributed by atoms with van der Waals surface area (Å²) in [4.78, 5) is 37.4. The number of carboxylic acids is 1. The molecule has 2 N–H and O–H groups in total. The van der Waals surface area contributed by atoms with E-state index in [2.05, 4.69) is 5.32 Å². The second-order valence-corrected chi connectivity index (χ2v) is 6.73. The first-order valence-corrected chi connectivity index (χ1v) is 8.29. The number of hydrogen-bond donors (Lipinski definition) is 2. The maximum absolute atomic E-state index is 12.4. The third-order valence-electron chi connectivity index (χ3n) is 4.16. The fourth-order valence-corrected chi connectivity index (χ4v) is 2.94. The molecule has 8 heteroatoms. The molecule has 1 aromatic rings. The summed E-state index contributed by atoms with van der Waals surface area (Å²) < 4.78 is 5.25. The van der Waals surface area contributed by atoms with Crippen molar-refractivity contribution in [2.45, 2.75) is 26.3 Å². The molecule has 136 valence electrons. The maximum Gasteiger partial charge on any atom is 0.326 e. The first-order valence-electron chi connectivity index (χ1n) is 7.91. The number of nitrogens with zero attached hydrogens (tertiary/aromatic N) is 1. The molecular weight excluding hydrogens is 348 g/mol. The Kier molecular flexibility index (Phi) is 5.89. The highest BCUT2D eigenvalue weighted by Crippen LogP contribution is 2.35. The van der Waals surface area contributed by atoms with Crippen LogP contribution in [-0.4, -0.2) is 42.6 Å². The van der Waals surface area contributed by atoms with E-state index in [9.17, 15) is 19.5 Å². The highest BCUT2D eigenvalue weighted by Gasteiger charge is 2.38. The Labute approximate surface area is 150 Å². The molecule has 2 amide bonds. The van der Waals surface area contributed by atoms with E-state index in [0.717, 1.165) is 0 Å². The molecule has 0 aliphatic carbocycles. The van der Waals surface area contributed by atoms with E-state index in [0.29, 0.717) is 16.5 Å². The van der Waals surface area contributed by atoms with E-state index in [1.807, 2.05) is 0 Å². The number of benzene rings is 1. The van der Waals surface area contributed by atoms with Gasteiger partial charge in [-0.3, -0.25) is 9.59 Å². The zero-order valence-electron chi connectivity index (χ0n) is 14.3. The summed E-state index contributed by atoms with van der Waals surface area (Å²) in [6.45, 7) is 3.57. The smallest absolute Gasteiger partial charge is 0.326 e. The lowest BCUT2D eigenvalue weighted by Gasteiger charge is -2.21. The summed E-state index contributed by atoms with van der Waals surface area (Å²) in [5.74, 6) is -2.19. The van der Waals surface area contributed by atoms with Crippen molar-refractivity contribution in [2.24, 2.45) is 11.8 Å². The summed E-state index contributed by atoms with van der Waals surface area (Å²) >= 11 is 6.00. The van der Waals surface area contributed by atoms with E-state index >= 15 is 0 Å². The summed E-state index contributed by atoms with van der Waals surface area (Å²) in [5.41, 5.74) is 0.494. The van der Waals surface area contributed by atoms with Gasteiger partial charge in [0.2, 0.25) is 11.8 Å². The van der Waals surface area contributed by atoms with Gasteiger partial charge in [-0.15, -0.1) is 0 Å². The first kappa shape index (κ1) is 19.1. The van der Waals surface area contributed by atoms with E-state index < -0.39 is 23.8 Å². The number of rotatable bonds is 6. The number of hydrogen-bond acceptors (Lipinski definition) is 4. The SMILES string of the molecule is COc1ccc(Cl)cc1N1CC(C(=O)NC(C(=O)O)C(C)C)CC1=O. The van der Waals surface area contributed by atoms with Crippen molar-refractivity contribution in [1.29, 1.82) is 0 Å². The molecule has 0 aromatic heterocycles. The Bertz CT molecular complexity index is 692. The molecule has 2 unspecified atom stereocenters. The predicted octanol–water partition coefficient (Wildman–Crippen LogP) is 1.93. The van der Waals surface area contributed by atoms with Crippen LogP contribution in [0.5, 0.6) is 5.75 Å². The van der Waals surface area contributed by atoms with E-state index in [1.165, 1.54) is 12.0 Å². The number of carbonyl (C=O) groups excluding carboxylic acids is 2. The number of ether oxygens (including phenoxy) is 1. The third-order valence-corrected chi connectivity index (χ3v) is 4.39. The lowest BCUT2D eigenvalue weighted by molar-refractivity contribution is -0.143. The van der Waals surface area contributed by atoms with E-state index in [-0.39, 0.29) is 24.8 Å². The van der Waals surface area contributed by atoms with Crippen LogP contribution < -0.4 is 15.0 Å². The number of amides is 2. The third kappa shape index (κ3) is 4.22. The Hall–Kier alpha value is -2.28. The Morgan fingerprint density at radius 2 is 2.08 bits per heavy atom. The van der Waals surface area contributed by atoms with Gasteiger partial charge in [0.25, 0.3) is 0 Å². The number of methoxy groups -OCH3 is 1. The lowest BCUT2D eigenvalue weighted by atomic mass is 10.0. The normalized spacial score (nSPS) is 18.4. The van der Waals surface area contributed by atoms with Crippen LogP contribution >= 0.6 is 11.6 Å². The minimum absolute atomic E-state index is 0.00589. The molecule has 1 aliphatic heterocycles. The average molecular weight is 369 g/mol. The zero-order chi connectivity index (χ0) is 18.7. The highest BCUT2D eigenvalue weighted by atomic mass is 35.5. The number of carboxylic acid groups (broad SMARTS) is 1. The van der Waals surface area contributed by atoms with Gasteiger partial charge in [0.15, 0.2) is 0 Å². The number of nitrogens with one attached hydrogen (secondary N) is 1. The molecule has 0 spiro atoms. The summed E-state index contributed by atoms with van der Waals surface area (Å²) in [5, 5.41) is 12.2. The van der Waals surface area contributed by atoms with Crippen molar-refractivity contribution in [3.8, 4) is 5.75 Å². The molecule has 1 aliphatic rings. The Morgan fingerprint density at radius 3 is 2.64 bits per heavy atom. The largest absolute Gasteiger partial charge is 0.495 e. The van der Waals surface area contributed by atoms with Crippen molar-refractivity contribution in [3.63, 3.8) is 0 Å². The van der Waals surface area contributed by atoms with Crippen molar-refractivity contribution < 1.29 is 24.2 Å². The second kappa shape index (κ2) is 7.74. The van der Waals surface area contributed by atoms with Crippen LogP contribution in [0.4, 0.5) is 5.69 Å². The van der Waals surface area contributed by atoms with Crippen LogP contribution in [0.1, 0.15) is 20.3 Å². The van der Waals surface area contributed by atoms with Crippen LogP contribution in [0.2, 0.25) is 5.02 Å². The predicted molar refractivity (Wildman–Crippen MR) is 92.9 cm³/mol. The fraction of sp³-hybridized carbons (Fsp3) is 0.471. The van der Waals surface area contributed by atoms with Gasteiger partial charge in [0, 0.05) is 18.0 Å². The van der Waals surface area contributed by atoms with Gasteiger partial charge in [-0.1, -0.05) is 25.4 Å². The van der Waals surface area contributed by atoms with Gasteiger partial charge < -0.3 is 20.1 Å². The fourth-order valence-electron chi connectivity index (χ4n) is 2.77. The standard InChI is InChI=1S/C17H21ClN2O5/c1-9(2)15(17(23)24)19-16(22)10-6-14(21)20(8-10)12-7-11(18)4-5-13(12)25-3/h4-5,7,9-10,15H,6,8H2,1-3H3,(H,19,22)(H,23,24). The first-order chi connectivity index (χ1) is 11.7. The number of carbonyl (C=O) groups is 3. The molecule has 1 aromatic carbocycles. The second-order valence-electron chi connectivity index (χ2n) is 6.29. The molecule has 0 bridgehead atoms. The number of aliphatic carboxylic acids is 1. The zero-order valence-corrected chi connectivity index (χ0v) is 15.0. The van der Waals surface area contributed by atoms with Gasteiger partial charge in [0.1, 0.15) is 11.8 Å². The highest BCUT2D eigenvalue weighted by molar-refractivity contribution is 6.31. The minimum Gasteiger partial charge on any atom is -0.495 e. The van der Waals surface area contributed by atoms with Crippen LogP contribution in [-0.2, 0) is 14.4 Å². The van der Waals surface area contributed by atoms with Crippen LogP contribution in [0.15, 0.2) is 18.2 Å². The van der Waals surface area contributed by atoms with E-state index in [4.69, 9.17) is 16.3 Å². The summed E-state index contributed by atoms with van der Waals surface area (Å²) in [6, 6.07) is 3.91. The van der Waals surface area contributed by atoms with Crippen molar-refractivity contribution in [1.82, 2.24) is 5.32 Å². The van der Waals surface area contributed by atoms with Gasteiger partial charge >= 0.3 is 5.97 Å². The molecule has 1 saturated heterocycles. The molecule has 1 heterocycles. The maximum atomic E-state index is 12.4. The molecule has 0 saturated carbocycles. The van der Waals surface area contributed by atoms with Crippen molar-refractivity contribution >= 4 is 35.1 Å². The molecule has 2 rings (SSSR count). The van der Waals surface area contributed by atoms with E-state index in [1.54, 1.807) is 32.0 Å². The molecule has 7 nitrogen and oxygen atoms in total. The van der Waals surface area contributed by atoms with Gasteiger partial charge in [0.05, 0.1) is 18.7 Å². The summed E-state index contributed by atoms with van der Waals surface area (Å²) in [6.07, 6.45) is 0.00589. The van der Waals surface area contributed by atoms with Crippen molar-refractivity contribution in [3.05, 3.63) is 23.2 Å². The van der Waals surface area contributed by atoms with Crippen LogP contribution in [0.25, 0.3) is 0 Å². The van der Waals surface area contributed by atoms with Crippen LogP contribution in [0.3, 0.4) is 0 Å². The molecule has 0 radical (unpaired) electrons. The Balaban J connectivity index is 2.16. The number of halogens is 1. The van der Waals surface area contributed by atoms with Gasteiger partial charge in [-0.2, -0.15) is 0 Å². The Morgan fingerprint density at radius 1 is 1.40 bits per heavy atom. The monoisotopic (exact) mass is 368 g/mol. The molecule has 2 atom stereocenters. The van der Waals surface area contributed by atoms with Gasteiger partial charge in [-0.25, -0.2) is 4.79 Å². The minimum atomic E-state index is -1.10. The van der Waals surface area contributed by atoms with Gasteiger partial charge in [-0.05, 0) is 24.1 Å². The average Bonchev–Trinajstić information content (AvgIpc) is 2.93. The van der Waals surface area contributed by atoms with Crippen LogP contribution in [0, 0.1) is 11.8 Å². The molecule has 1 fully saturated rings. The molecule has 25 heavy (non-hydrogen) atoms. The number of anilines is 1. The quantitative estimate of drug-likeness (QED) is 0.799.